The number of halogens is 5. The Balaban J connectivity index is 1.69. The Labute approximate surface area is 247 Å². The van der Waals surface area contributed by atoms with E-state index in [1.54, 1.807) is 26.8 Å². The van der Waals surface area contributed by atoms with Gasteiger partial charge in [0, 0.05) is 5.56 Å². The van der Waals surface area contributed by atoms with Crippen LogP contribution in [0.5, 0.6) is 0 Å². The number of nitrogens with zero attached hydrogens (tertiary/aromatic N) is 1. The number of benzene rings is 2. The Bertz CT molecular complexity index is 1420. The molecule has 1 aliphatic carbocycles. The molecule has 2 aromatic carbocycles. The zero-order chi connectivity index (χ0) is 30.9. The van der Waals surface area contributed by atoms with E-state index in [1.165, 1.54) is 18.2 Å². The number of amides is 1. The molecule has 1 aromatic heterocycles. The lowest BCUT2D eigenvalue weighted by Crippen LogP contribution is -2.52. The normalized spacial score (nSPS) is 20.4. The Morgan fingerprint density at radius 2 is 1.76 bits per heavy atom. The van der Waals surface area contributed by atoms with Crippen molar-refractivity contribution in [2.75, 3.05) is 6.54 Å². The highest BCUT2D eigenvalue weighted by Crippen LogP contribution is 2.48. The minimum atomic E-state index is -5.23. The van der Waals surface area contributed by atoms with Crippen molar-refractivity contribution in [1.29, 1.82) is 0 Å². The summed E-state index contributed by atoms with van der Waals surface area (Å²) in [6, 6.07) is 16.1. The number of alkyl halides is 3. The van der Waals surface area contributed by atoms with Crippen LogP contribution >= 0.6 is 11.6 Å². The van der Waals surface area contributed by atoms with Crippen LogP contribution in [0.15, 0.2) is 60.7 Å². The van der Waals surface area contributed by atoms with Gasteiger partial charge in [-0.05, 0) is 80.5 Å². The van der Waals surface area contributed by atoms with E-state index in [2.05, 4.69) is 4.98 Å². The van der Waals surface area contributed by atoms with E-state index >= 15 is 0 Å². The number of hydrogen-bond acceptors (Lipinski definition) is 5. The molecular weight excluding hydrogens is 576 g/mol. The highest BCUT2D eigenvalue weighted by molar-refractivity contribution is 6.31. The Hall–Kier alpha value is -3.21. The van der Waals surface area contributed by atoms with E-state index in [9.17, 15) is 27.5 Å². The molecule has 1 fully saturated rings. The van der Waals surface area contributed by atoms with Crippen LogP contribution in [0.2, 0.25) is 5.02 Å². The summed E-state index contributed by atoms with van der Waals surface area (Å²) in [5.41, 5.74) is -4.08. The van der Waals surface area contributed by atoms with Gasteiger partial charge in [-0.2, -0.15) is 13.2 Å². The Morgan fingerprint density at radius 1 is 1.10 bits per heavy atom. The van der Waals surface area contributed by atoms with Gasteiger partial charge in [-0.1, -0.05) is 48.9 Å². The number of hydrogen-bond donors (Lipinski definition) is 2. The molecule has 0 aliphatic heterocycles. The molecule has 42 heavy (non-hydrogen) atoms. The molecule has 1 aliphatic rings. The number of aliphatic hydroxyl groups is 1. The molecule has 4 rings (SSSR count). The summed E-state index contributed by atoms with van der Waals surface area (Å²) in [6.45, 7) is 5.72. The van der Waals surface area contributed by atoms with Gasteiger partial charge in [-0.15, -0.1) is 0 Å². The van der Waals surface area contributed by atoms with Crippen molar-refractivity contribution >= 4 is 17.7 Å². The predicted octanol–water partition coefficient (Wildman–Crippen LogP) is 7.45. The molecule has 6 nitrogen and oxygen atoms in total. The number of carbonyl (C=O) groups excluding carboxylic acids is 1. The minimum absolute atomic E-state index is 0.0548. The molecule has 2 N–H and O–H groups in total. The highest BCUT2D eigenvalue weighted by atomic mass is 35.5. The van der Waals surface area contributed by atoms with E-state index in [1.807, 2.05) is 42.6 Å². The lowest BCUT2D eigenvalue weighted by atomic mass is 9.63. The summed E-state index contributed by atoms with van der Waals surface area (Å²) in [6.07, 6.45) is -5.48. The van der Waals surface area contributed by atoms with Crippen LogP contribution in [-0.2, 0) is 27.1 Å². The standard InChI is InChI=1S/C31H33ClF4N2O4/c1-28(2,3)42-27(39)37-18-30(40,31(34,35)36)26-14-21(13-25(38-26)20-10-11-24(33)23(32)12-20)29(4)15-22(16-29)41-17-19-8-6-5-7-9-19/h5-14,22,40H,15-18H2,1-4H3,(H,37,39). The van der Waals surface area contributed by atoms with Crippen molar-refractivity contribution < 1.29 is 36.9 Å². The molecule has 0 radical (unpaired) electrons. The van der Waals surface area contributed by atoms with Gasteiger partial charge < -0.3 is 19.9 Å². The first-order valence-electron chi connectivity index (χ1n) is 13.4. The maximum absolute atomic E-state index is 14.5. The first-order valence-corrected chi connectivity index (χ1v) is 13.8. The topological polar surface area (TPSA) is 80.7 Å². The number of ether oxygens (including phenoxy) is 2. The summed E-state index contributed by atoms with van der Waals surface area (Å²) >= 11 is 5.97. The zero-order valence-corrected chi connectivity index (χ0v) is 24.4. The third kappa shape index (κ3) is 7.22. The van der Waals surface area contributed by atoms with Crippen molar-refractivity contribution in [1.82, 2.24) is 10.3 Å². The molecule has 1 atom stereocenters. The van der Waals surface area contributed by atoms with Gasteiger partial charge in [0.1, 0.15) is 11.4 Å². The Kier molecular flexibility index (Phi) is 8.92. The van der Waals surface area contributed by atoms with Crippen molar-refractivity contribution in [3.05, 3.63) is 88.3 Å². The van der Waals surface area contributed by atoms with E-state index in [-0.39, 0.29) is 22.4 Å². The molecular formula is C31H33ClF4N2O4. The first kappa shape index (κ1) is 31.7. The largest absolute Gasteiger partial charge is 0.444 e. The van der Waals surface area contributed by atoms with Crippen LogP contribution in [0.1, 0.15) is 57.4 Å². The van der Waals surface area contributed by atoms with Gasteiger partial charge in [-0.25, -0.2) is 14.2 Å². The summed E-state index contributed by atoms with van der Waals surface area (Å²) in [5, 5.41) is 12.9. The fraction of sp³-hybridized carbons (Fsp3) is 0.419. The third-order valence-electron chi connectivity index (χ3n) is 7.20. The molecule has 0 spiro atoms. The van der Waals surface area contributed by atoms with Crippen molar-refractivity contribution in [3.63, 3.8) is 0 Å². The molecule has 0 bridgehead atoms. The van der Waals surface area contributed by atoms with Gasteiger partial charge in [0.25, 0.3) is 0 Å². The van der Waals surface area contributed by atoms with Crippen LogP contribution in [0.3, 0.4) is 0 Å². The third-order valence-corrected chi connectivity index (χ3v) is 7.49. The van der Waals surface area contributed by atoms with Crippen molar-refractivity contribution in [2.45, 2.75) is 76.0 Å². The molecule has 1 saturated carbocycles. The van der Waals surface area contributed by atoms with Gasteiger partial charge in [-0.3, -0.25) is 0 Å². The van der Waals surface area contributed by atoms with Crippen LogP contribution in [0.4, 0.5) is 22.4 Å². The number of pyridine rings is 1. The zero-order valence-electron chi connectivity index (χ0n) is 23.7. The number of carbonyl (C=O) groups is 1. The fourth-order valence-corrected chi connectivity index (χ4v) is 5.01. The van der Waals surface area contributed by atoms with Crippen molar-refractivity contribution in [3.8, 4) is 11.3 Å². The summed E-state index contributed by atoms with van der Waals surface area (Å²) in [7, 11) is 0. The average molecular weight is 609 g/mol. The minimum Gasteiger partial charge on any atom is -0.444 e. The lowest BCUT2D eigenvalue weighted by molar-refractivity contribution is -0.265. The summed E-state index contributed by atoms with van der Waals surface area (Å²) < 4.78 is 68.5. The number of alkyl carbamates (subject to hydrolysis) is 1. The van der Waals surface area contributed by atoms with Gasteiger partial charge >= 0.3 is 12.3 Å². The maximum Gasteiger partial charge on any atom is 0.424 e. The average Bonchev–Trinajstić information content (AvgIpc) is 2.89. The highest BCUT2D eigenvalue weighted by Gasteiger charge is 2.57. The van der Waals surface area contributed by atoms with Gasteiger partial charge in [0.2, 0.25) is 5.60 Å². The second-order valence-electron chi connectivity index (χ2n) is 11.9. The summed E-state index contributed by atoms with van der Waals surface area (Å²) in [4.78, 5) is 16.4. The molecule has 1 heterocycles. The number of nitrogens with one attached hydrogen (secondary N) is 1. The first-order chi connectivity index (χ1) is 19.5. The molecule has 3 aromatic rings. The monoisotopic (exact) mass is 608 g/mol. The van der Waals surface area contributed by atoms with Crippen molar-refractivity contribution in [2.24, 2.45) is 0 Å². The second kappa shape index (κ2) is 11.8. The second-order valence-corrected chi connectivity index (χ2v) is 12.3. The fourth-order valence-electron chi connectivity index (χ4n) is 4.83. The lowest BCUT2D eigenvalue weighted by Gasteiger charge is -2.46. The molecule has 1 unspecified atom stereocenters. The predicted molar refractivity (Wildman–Crippen MR) is 150 cm³/mol. The quantitative estimate of drug-likeness (QED) is 0.260. The molecule has 1 amide bonds. The maximum atomic E-state index is 14.5. The van der Waals surface area contributed by atoms with E-state index in [0.29, 0.717) is 25.0 Å². The van der Waals surface area contributed by atoms with Crippen LogP contribution in [0.25, 0.3) is 11.3 Å². The number of rotatable bonds is 8. The van der Waals surface area contributed by atoms with E-state index < -0.39 is 46.9 Å². The van der Waals surface area contributed by atoms with Crippen LogP contribution in [-0.4, -0.2) is 40.6 Å². The number of aromatic nitrogens is 1. The van der Waals surface area contributed by atoms with Crippen LogP contribution < -0.4 is 5.32 Å². The molecule has 226 valence electrons. The molecule has 0 saturated heterocycles. The van der Waals surface area contributed by atoms with Crippen LogP contribution in [0, 0.1) is 5.82 Å². The van der Waals surface area contributed by atoms with E-state index in [0.717, 1.165) is 11.6 Å². The van der Waals surface area contributed by atoms with Gasteiger partial charge in [0.15, 0.2) is 0 Å². The molecule has 11 heteroatoms. The summed E-state index contributed by atoms with van der Waals surface area (Å²) in [5.74, 6) is -0.700. The van der Waals surface area contributed by atoms with E-state index in [4.69, 9.17) is 21.1 Å². The SMILES string of the molecule is CC(C)(C)OC(=O)NCC(O)(c1cc(C2(C)CC(OCc3ccccc3)C2)cc(-c2ccc(F)c(Cl)c2)n1)C(F)(F)F. The smallest absolute Gasteiger partial charge is 0.424 e. The van der Waals surface area contributed by atoms with Gasteiger partial charge in [0.05, 0.1) is 35.7 Å². The Morgan fingerprint density at radius 3 is 2.36 bits per heavy atom.